The van der Waals surface area contributed by atoms with E-state index in [1.807, 2.05) is 0 Å². The maximum absolute atomic E-state index is 13.0. The van der Waals surface area contributed by atoms with Gasteiger partial charge in [0.25, 0.3) is 0 Å². The van der Waals surface area contributed by atoms with Gasteiger partial charge in [0, 0.05) is 0 Å². The van der Waals surface area contributed by atoms with E-state index in [9.17, 15) is 26.3 Å². The SMILES string of the molecule is Cc1cc(N=Cc2cccc(C=Nc3cc(C)cc(C(F)(F)F)c3)n2)cc(C(F)(F)F)c1.[Cl][Fe][Cl]. The van der Waals surface area contributed by atoms with Crippen LogP contribution in [0.3, 0.4) is 0 Å². The van der Waals surface area contributed by atoms with Gasteiger partial charge in [0.05, 0.1) is 46.3 Å². The topological polar surface area (TPSA) is 37.6 Å². The molecule has 0 unspecified atom stereocenters. The number of rotatable bonds is 4. The monoisotopic (exact) mass is 575 g/mol. The molecule has 1 heterocycles. The van der Waals surface area contributed by atoms with Gasteiger partial charge in [-0.05, 0) is 73.5 Å². The van der Waals surface area contributed by atoms with Crippen LogP contribution in [-0.4, -0.2) is 17.4 Å². The van der Waals surface area contributed by atoms with Gasteiger partial charge in [-0.1, -0.05) is 6.07 Å². The van der Waals surface area contributed by atoms with E-state index in [1.165, 1.54) is 24.6 Å². The molecule has 0 N–H and O–H groups in total. The fraction of sp³-hybridized carbons (Fsp3) is 0.174. The molecule has 188 valence electrons. The number of alkyl halides is 6. The molecule has 0 bridgehead atoms. The van der Waals surface area contributed by atoms with E-state index < -0.39 is 23.5 Å². The number of pyridine rings is 1. The van der Waals surface area contributed by atoms with Crippen LogP contribution in [-0.2, 0) is 25.5 Å². The zero-order valence-corrected chi connectivity index (χ0v) is 20.7. The van der Waals surface area contributed by atoms with Crippen molar-refractivity contribution in [2.45, 2.75) is 26.2 Å². The predicted octanol–water partition coefficient (Wildman–Crippen LogP) is 8.61. The zero-order valence-electron chi connectivity index (χ0n) is 18.1. The molecule has 1 aromatic heterocycles. The molecule has 35 heavy (non-hydrogen) atoms. The Morgan fingerprint density at radius 1 is 0.714 bits per heavy atom. The van der Waals surface area contributed by atoms with Gasteiger partial charge in [-0.25, -0.2) is 4.98 Å². The van der Waals surface area contributed by atoms with E-state index in [-0.39, 0.29) is 24.5 Å². The fourth-order valence-electron chi connectivity index (χ4n) is 2.90. The summed E-state index contributed by atoms with van der Waals surface area (Å²) in [5.41, 5.74) is 0.183. The van der Waals surface area contributed by atoms with Crippen LogP contribution < -0.4 is 0 Å². The summed E-state index contributed by atoms with van der Waals surface area (Å²) in [4.78, 5) is 12.4. The van der Waals surface area contributed by atoms with Gasteiger partial charge in [-0.2, -0.15) is 26.3 Å². The first kappa shape index (κ1) is 28.8. The summed E-state index contributed by atoms with van der Waals surface area (Å²) in [6.45, 7) is 3.08. The normalized spacial score (nSPS) is 12.3. The Balaban J connectivity index is 0.00000137. The van der Waals surface area contributed by atoms with E-state index in [2.05, 4.69) is 15.0 Å². The van der Waals surface area contributed by atoms with Crippen LogP contribution in [0, 0.1) is 13.8 Å². The molecule has 3 nitrogen and oxygen atoms in total. The number of benzene rings is 2. The predicted molar refractivity (Wildman–Crippen MR) is 123 cm³/mol. The van der Waals surface area contributed by atoms with Crippen molar-refractivity contribution in [2.24, 2.45) is 9.98 Å². The van der Waals surface area contributed by atoms with Crippen molar-refractivity contribution in [1.29, 1.82) is 0 Å². The van der Waals surface area contributed by atoms with Crippen molar-refractivity contribution >= 4 is 44.0 Å². The van der Waals surface area contributed by atoms with Gasteiger partial charge in [0.2, 0.25) is 0 Å². The molecular formula is C23H17Cl2F6FeN3. The summed E-state index contributed by atoms with van der Waals surface area (Å²) in [6.07, 6.45) is -6.35. The third kappa shape index (κ3) is 9.64. The summed E-state index contributed by atoms with van der Waals surface area (Å²) < 4.78 is 77.8. The Hall–Kier alpha value is -2.39. The molecule has 2 aromatic carbocycles. The van der Waals surface area contributed by atoms with Crippen molar-refractivity contribution in [3.63, 3.8) is 0 Å². The van der Waals surface area contributed by atoms with Crippen LogP contribution in [0.15, 0.2) is 64.6 Å². The minimum absolute atomic E-state index is 0.123. The quantitative estimate of drug-likeness (QED) is 0.174. The Kier molecular flexibility index (Phi) is 10.3. The molecule has 12 heteroatoms. The maximum atomic E-state index is 13.0. The molecular weight excluding hydrogens is 559 g/mol. The average Bonchev–Trinajstić information content (AvgIpc) is 2.75. The molecule has 0 spiro atoms. The Bertz CT molecular complexity index is 1120. The number of halogens is 8. The van der Waals surface area contributed by atoms with Gasteiger partial charge >= 0.3 is 45.7 Å². The van der Waals surface area contributed by atoms with Gasteiger partial charge in [0.15, 0.2) is 0 Å². The molecule has 0 aliphatic heterocycles. The minimum atomic E-state index is -4.48. The zero-order chi connectivity index (χ0) is 26.2. The summed E-state index contributed by atoms with van der Waals surface area (Å²) >= 11 is 0.194. The summed E-state index contributed by atoms with van der Waals surface area (Å²) in [5.74, 6) is 0. The molecule has 0 atom stereocenters. The molecule has 0 aliphatic carbocycles. The Labute approximate surface area is 212 Å². The molecule has 0 amide bonds. The molecule has 3 aromatic rings. The van der Waals surface area contributed by atoms with Gasteiger partial charge in [-0.3, -0.25) is 9.98 Å². The van der Waals surface area contributed by atoms with E-state index in [1.54, 1.807) is 32.0 Å². The Morgan fingerprint density at radius 2 is 1.09 bits per heavy atom. The summed E-state index contributed by atoms with van der Waals surface area (Å²) in [5, 5.41) is 0. The second kappa shape index (κ2) is 12.5. The van der Waals surface area contributed by atoms with Gasteiger partial charge < -0.3 is 0 Å². The second-order valence-corrected chi connectivity index (χ2v) is 8.99. The van der Waals surface area contributed by atoms with E-state index in [0.717, 1.165) is 24.3 Å². The van der Waals surface area contributed by atoms with Crippen molar-refractivity contribution in [1.82, 2.24) is 4.98 Å². The summed E-state index contributed by atoms with van der Waals surface area (Å²) in [7, 11) is 9.53. The fourth-order valence-corrected chi connectivity index (χ4v) is 2.90. The Morgan fingerprint density at radius 3 is 1.43 bits per heavy atom. The average molecular weight is 576 g/mol. The number of hydrogen-bond acceptors (Lipinski definition) is 3. The molecule has 0 radical (unpaired) electrons. The molecule has 0 saturated heterocycles. The van der Waals surface area contributed by atoms with E-state index >= 15 is 0 Å². The van der Waals surface area contributed by atoms with Crippen LogP contribution in [0.4, 0.5) is 37.7 Å². The first-order valence-corrected chi connectivity index (χ1v) is 12.6. The van der Waals surface area contributed by atoms with Crippen LogP contribution in [0.5, 0.6) is 0 Å². The van der Waals surface area contributed by atoms with Crippen LogP contribution >= 0.6 is 20.2 Å². The first-order chi connectivity index (χ1) is 16.3. The number of aliphatic imine (C=N–C) groups is 2. The van der Waals surface area contributed by atoms with E-state index in [4.69, 9.17) is 20.2 Å². The van der Waals surface area contributed by atoms with Crippen LogP contribution in [0.1, 0.15) is 33.6 Å². The number of aryl methyl sites for hydroxylation is 2. The van der Waals surface area contributed by atoms with Crippen molar-refractivity contribution < 1.29 is 39.5 Å². The molecule has 3 rings (SSSR count). The van der Waals surface area contributed by atoms with Crippen molar-refractivity contribution in [3.05, 3.63) is 88.2 Å². The van der Waals surface area contributed by atoms with Crippen molar-refractivity contribution in [2.75, 3.05) is 0 Å². The standard InChI is InChI=1S/C23H17F6N3.2ClH.Fe/c1-14-6-16(22(24,25)26)10-20(8-14)30-12-18-4-3-5-19(32-18)13-31-21-9-15(2)7-17(11-21)23(27,28)29;;;/h3-13H,1-2H3;2*1H;/q;;;+2/p-2. The van der Waals surface area contributed by atoms with Crippen LogP contribution in [0.2, 0.25) is 0 Å². The van der Waals surface area contributed by atoms with Gasteiger partial charge in [0.1, 0.15) is 0 Å². The molecule has 0 aliphatic rings. The second-order valence-electron chi connectivity index (χ2n) is 7.16. The summed E-state index contributed by atoms with van der Waals surface area (Å²) in [6, 6.07) is 11.8. The van der Waals surface area contributed by atoms with Crippen LogP contribution in [0.25, 0.3) is 0 Å². The third-order valence-electron chi connectivity index (χ3n) is 4.26. The van der Waals surface area contributed by atoms with Gasteiger partial charge in [-0.15, -0.1) is 0 Å². The van der Waals surface area contributed by atoms with Crippen molar-refractivity contribution in [3.8, 4) is 0 Å². The third-order valence-corrected chi connectivity index (χ3v) is 4.26. The number of hydrogen-bond donors (Lipinski definition) is 0. The number of nitrogens with zero attached hydrogens (tertiary/aromatic N) is 3. The first-order valence-electron chi connectivity index (χ1n) is 9.60. The molecule has 0 saturated carbocycles. The van der Waals surface area contributed by atoms with E-state index in [0.29, 0.717) is 22.5 Å². The number of aromatic nitrogens is 1. The molecule has 0 fully saturated rings.